The third-order valence-electron chi connectivity index (χ3n) is 2.92. The molecule has 9 heteroatoms. The van der Waals surface area contributed by atoms with Crippen molar-refractivity contribution in [2.45, 2.75) is 23.1 Å². The fourth-order valence-electron chi connectivity index (χ4n) is 2.05. The first-order valence-electron chi connectivity index (χ1n) is 5.80. The molecular weight excluding hydrogens is 308 g/mol. The molecule has 1 fully saturated rings. The normalized spacial score (nSPS) is 19.6. The van der Waals surface area contributed by atoms with Gasteiger partial charge in [-0.25, -0.2) is 21.6 Å². The van der Waals surface area contributed by atoms with Crippen molar-refractivity contribution in [1.82, 2.24) is 9.03 Å². The lowest BCUT2D eigenvalue weighted by Gasteiger charge is -2.30. The van der Waals surface area contributed by atoms with Crippen molar-refractivity contribution in [1.29, 1.82) is 0 Å². The van der Waals surface area contributed by atoms with Crippen LogP contribution >= 0.6 is 11.3 Å². The number of sulfonamides is 2. The topological polar surface area (TPSA) is 83.6 Å². The molecule has 1 aromatic heterocycles. The van der Waals surface area contributed by atoms with Crippen LogP contribution in [0.15, 0.2) is 21.7 Å². The zero-order valence-electron chi connectivity index (χ0n) is 10.4. The molecule has 108 valence electrons. The van der Waals surface area contributed by atoms with Gasteiger partial charge in [0.1, 0.15) is 4.21 Å². The Bertz CT molecular complexity index is 614. The van der Waals surface area contributed by atoms with E-state index in [1.165, 1.54) is 15.6 Å². The quantitative estimate of drug-likeness (QED) is 0.871. The van der Waals surface area contributed by atoms with Gasteiger partial charge in [0.15, 0.2) is 0 Å². The maximum absolute atomic E-state index is 12.2. The molecule has 1 aliphatic rings. The summed E-state index contributed by atoms with van der Waals surface area (Å²) in [5, 5.41) is 1.73. The molecule has 0 unspecified atom stereocenters. The van der Waals surface area contributed by atoms with Gasteiger partial charge in [-0.2, -0.15) is 4.31 Å². The summed E-state index contributed by atoms with van der Waals surface area (Å²) in [5.41, 5.74) is 0. The van der Waals surface area contributed by atoms with Crippen LogP contribution in [0.4, 0.5) is 0 Å². The van der Waals surface area contributed by atoms with Crippen molar-refractivity contribution < 1.29 is 16.8 Å². The summed E-state index contributed by atoms with van der Waals surface area (Å²) in [5.74, 6) is 0. The maximum atomic E-state index is 12.2. The Balaban J connectivity index is 2.01. The summed E-state index contributed by atoms with van der Waals surface area (Å²) in [4.78, 5) is 0. The van der Waals surface area contributed by atoms with E-state index >= 15 is 0 Å². The van der Waals surface area contributed by atoms with Crippen LogP contribution in [0.1, 0.15) is 12.8 Å². The fourth-order valence-corrected chi connectivity index (χ4v) is 5.51. The van der Waals surface area contributed by atoms with Gasteiger partial charge in [-0.3, -0.25) is 0 Å². The molecule has 2 heterocycles. The van der Waals surface area contributed by atoms with E-state index in [2.05, 4.69) is 4.72 Å². The summed E-state index contributed by atoms with van der Waals surface area (Å²) >= 11 is 1.19. The number of nitrogens with zero attached hydrogens (tertiary/aromatic N) is 1. The van der Waals surface area contributed by atoms with Crippen LogP contribution in [0.25, 0.3) is 0 Å². The van der Waals surface area contributed by atoms with E-state index in [-0.39, 0.29) is 6.04 Å². The number of thiophene rings is 1. The van der Waals surface area contributed by atoms with E-state index in [0.29, 0.717) is 30.1 Å². The number of hydrogen-bond acceptors (Lipinski definition) is 5. The predicted octanol–water partition coefficient (Wildman–Crippen LogP) is 0.450. The summed E-state index contributed by atoms with van der Waals surface area (Å²) < 4.78 is 51.0. The van der Waals surface area contributed by atoms with Crippen molar-refractivity contribution in [2.75, 3.05) is 19.3 Å². The molecule has 2 rings (SSSR count). The molecule has 6 nitrogen and oxygen atoms in total. The maximum Gasteiger partial charge on any atom is 0.252 e. The largest absolute Gasteiger partial charge is 0.252 e. The molecule has 1 saturated heterocycles. The highest BCUT2D eigenvalue weighted by Gasteiger charge is 2.30. The third kappa shape index (κ3) is 3.76. The number of hydrogen-bond donors (Lipinski definition) is 1. The highest BCUT2D eigenvalue weighted by Crippen LogP contribution is 2.24. The fraction of sp³-hybridized carbons (Fsp3) is 0.600. The molecule has 19 heavy (non-hydrogen) atoms. The molecule has 0 bridgehead atoms. The molecule has 0 radical (unpaired) electrons. The Hall–Kier alpha value is -0.480. The second kappa shape index (κ2) is 5.49. The van der Waals surface area contributed by atoms with Gasteiger partial charge >= 0.3 is 0 Å². The van der Waals surface area contributed by atoms with Gasteiger partial charge in [-0.15, -0.1) is 11.3 Å². The van der Waals surface area contributed by atoms with E-state index in [9.17, 15) is 16.8 Å². The van der Waals surface area contributed by atoms with Gasteiger partial charge < -0.3 is 0 Å². The first-order chi connectivity index (χ1) is 8.79. The molecule has 0 atom stereocenters. The highest BCUT2D eigenvalue weighted by molar-refractivity contribution is 7.91. The van der Waals surface area contributed by atoms with Crippen molar-refractivity contribution >= 4 is 31.4 Å². The summed E-state index contributed by atoms with van der Waals surface area (Å²) in [6.07, 6.45) is 2.11. The zero-order valence-corrected chi connectivity index (χ0v) is 12.9. The molecular formula is C10H16N2O4S3. The van der Waals surface area contributed by atoms with Gasteiger partial charge in [0.2, 0.25) is 10.0 Å². The van der Waals surface area contributed by atoms with E-state index in [1.807, 2.05) is 0 Å². The molecule has 0 aliphatic carbocycles. The van der Waals surface area contributed by atoms with Crippen LogP contribution in [0.3, 0.4) is 0 Å². The highest BCUT2D eigenvalue weighted by atomic mass is 32.2. The standard InChI is InChI=1S/C10H16N2O4S3/c1-18(13,14)11-9-4-6-12(7-5-9)19(15,16)10-3-2-8-17-10/h2-3,8-9,11H,4-7H2,1H3. The van der Waals surface area contributed by atoms with Crippen molar-refractivity contribution in [2.24, 2.45) is 0 Å². The second-order valence-electron chi connectivity index (χ2n) is 4.50. The lowest BCUT2D eigenvalue weighted by atomic mass is 10.1. The predicted molar refractivity (Wildman–Crippen MR) is 74.1 cm³/mol. The van der Waals surface area contributed by atoms with Crippen LogP contribution in [0, 0.1) is 0 Å². The first kappa shape index (κ1) is 14.9. The minimum Gasteiger partial charge on any atom is -0.213 e. The van der Waals surface area contributed by atoms with Crippen LogP contribution in [0.2, 0.25) is 0 Å². The Kier molecular flexibility index (Phi) is 4.31. The molecule has 1 aliphatic heterocycles. The first-order valence-corrected chi connectivity index (χ1v) is 10.0. The Morgan fingerprint density at radius 1 is 1.26 bits per heavy atom. The number of rotatable bonds is 4. The van der Waals surface area contributed by atoms with Crippen molar-refractivity contribution in [3.8, 4) is 0 Å². The SMILES string of the molecule is CS(=O)(=O)NC1CCN(S(=O)(=O)c2cccs2)CC1. The Morgan fingerprint density at radius 2 is 1.89 bits per heavy atom. The Morgan fingerprint density at radius 3 is 2.37 bits per heavy atom. The zero-order chi connectivity index (χ0) is 14.1. The summed E-state index contributed by atoms with van der Waals surface area (Å²) in [6.45, 7) is 0.681. The van der Waals surface area contributed by atoms with Gasteiger partial charge in [-0.05, 0) is 24.3 Å². The van der Waals surface area contributed by atoms with Crippen LogP contribution in [-0.2, 0) is 20.0 Å². The average Bonchev–Trinajstić information content (AvgIpc) is 2.81. The van der Waals surface area contributed by atoms with Gasteiger partial charge in [-0.1, -0.05) is 6.07 Å². The molecule has 0 aromatic carbocycles. The molecule has 0 amide bonds. The van der Waals surface area contributed by atoms with Crippen LogP contribution in [-0.4, -0.2) is 46.5 Å². The van der Waals surface area contributed by atoms with Gasteiger partial charge in [0.05, 0.1) is 6.26 Å². The number of nitrogens with one attached hydrogen (secondary N) is 1. The second-order valence-corrected chi connectivity index (χ2v) is 9.39. The average molecular weight is 324 g/mol. The van der Waals surface area contributed by atoms with Gasteiger partial charge in [0, 0.05) is 19.1 Å². The molecule has 1 aromatic rings. The lowest BCUT2D eigenvalue weighted by molar-refractivity contribution is 0.309. The molecule has 1 N–H and O–H groups in total. The van der Waals surface area contributed by atoms with Crippen molar-refractivity contribution in [3.63, 3.8) is 0 Å². The Labute approximate surface area is 117 Å². The summed E-state index contributed by atoms with van der Waals surface area (Å²) in [6, 6.07) is 3.11. The summed E-state index contributed by atoms with van der Waals surface area (Å²) in [7, 11) is -6.65. The lowest BCUT2D eigenvalue weighted by Crippen LogP contribution is -2.46. The van der Waals surface area contributed by atoms with E-state index in [0.717, 1.165) is 6.26 Å². The molecule has 0 saturated carbocycles. The smallest absolute Gasteiger partial charge is 0.213 e. The monoisotopic (exact) mass is 324 g/mol. The number of piperidine rings is 1. The van der Waals surface area contributed by atoms with Crippen LogP contribution < -0.4 is 4.72 Å². The minimum atomic E-state index is -3.41. The minimum absolute atomic E-state index is 0.176. The van der Waals surface area contributed by atoms with Gasteiger partial charge in [0.25, 0.3) is 10.0 Å². The van der Waals surface area contributed by atoms with E-state index in [4.69, 9.17) is 0 Å². The molecule has 0 spiro atoms. The van der Waals surface area contributed by atoms with Crippen LogP contribution in [0.5, 0.6) is 0 Å². The third-order valence-corrected chi connectivity index (χ3v) is 6.96. The van der Waals surface area contributed by atoms with Crippen molar-refractivity contribution in [3.05, 3.63) is 17.5 Å². The van der Waals surface area contributed by atoms with E-state index in [1.54, 1.807) is 17.5 Å². The van der Waals surface area contributed by atoms with E-state index < -0.39 is 20.0 Å².